The summed E-state index contributed by atoms with van der Waals surface area (Å²) < 4.78 is 5.02. The molecule has 0 unspecified atom stereocenters. The summed E-state index contributed by atoms with van der Waals surface area (Å²) in [6.45, 7) is 0. The van der Waals surface area contributed by atoms with Crippen molar-refractivity contribution in [2.24, 2.45) is 5.92 Å². The average Bonchev–Trinajstić information content (AvgIpc) is 2.41. The van der Waals surface area contributed by atoms with Crippen molar-refractivity contribution < 1.29 is 9.53 Å². The number of esters is 1. The minimum absolute atomic E-state index is 0.0474. The number of ether oxygens (including phenoxy) is 1. The maximum Gasteiger partial charge on any atom is 0.333 e. The zero-order valence-corrected chi connectivity index (χ0v) is 11.0. The van der Waals surface area contributed by atoms with E-state index in [1.807, 2.05) is 0 Å². The zero-order chi connectivity index (χ0) is 12.1. The molecule has 0 N–H and O–H groups in total. The molecule has 2 rings (SSSR count). The molecule has 0 atom stereocenters. The van der Waals surface area contributed by atoms with E-state index in [2.05, 4.69) is 0 Å². The van der Waals surface area contributed by atoms with Gasteiger partial charge in [0, 0.05) is 5.57 Å². The van der Waals surface area contributed by atoms with Gasteiger partial charge in [0.25, 0.3) is 0 Å². The predicted octanol–water partition coefficient (Wildman–Crippen LogP) is 4.00. The average molecular weight is 236 g/mol. The lowest BCUT2D eigenvalue weighted by Gasteiger charge is -2.27. The highest BCUT2D eigenvalue weighted by Crippen LogP contribution is 2.36. The molecule has 0 aromatic heterocycles. The van der Waals surface area contributed by atoms with E-state index in [1.165, 1.54) is 64.0 Å². The van der Waals surface area contributed by atoms with Crippen LogP contribution in [0.4, 0.5) is 0 Å². The van der Waals surface area contributed by atoms with Crippen molar-refractivity contribution >= 4 is 5.97 Å². The minimum Gasteiger partial charge on any atom is -0.466 e. The Balaban J connectivity index is 2.19. The monoisotopic (exact) mass is 236 g/mol. The Morgan fingerprint density at radius 2 is 1.59 bits per heavy atom. The van der Waals surface area contributed by atoms with E-state index in [4.69, 9.17) is 4.74 Å². The summed E-state index contributed by atoms with van der Waals surface area (Å²) in [5, 5.41) is 0. The fraction of sp³-hybridized carbons (Fsp3) is 0.800. The van der Waals surface area contributed by atoms with Crippen LogP contribution in [0.3, 0.4) is 0 Å². The molecule has 0 aliphatic heterocycles. The van der Waals surface area contributed by atoms with Crippen LogP contribution in [0.25, 0.3) is 0 Å². The molecule has 0 amide bonds. The van der Waals surface area contributed by atoms with Crippen molar-refractivity contribution in [3.8, 4) is 0 Å². The maximum absolute atomic E-state index is 12.0. The van der Waals surface area contributed by atoms with Gasteiger partial charge in [-0.15, -0.1) is 0 Å². The highest BCUT2D eigenvalue weighted by Gasteiger charge is 2.27. The van der Waals surface area contributed by atoms with Crippen LogP contribution >= 0.6 is 0 Å². The third-order valence-electron chi connectivity index (χ3n) is 4.26. The largest absolute Gasteiger partial charge is 0.466 e. The Morgan fingerprint density at radius 3 is 2.18 bits per heavy atom. The first-order valence-corrected chi connectivity index (χ1v) is 7.13. The molecule has 2 aliphatic rings. The summed E-state index contributed by atoms with van der Waals surface area (Å²) in [5.74, 6) is 0.443. The second kappa shape index (κ2) is 6.23. The number of rotatable bonds is 2. The molecule has 0 saturated heterocycles. The Morgan fingerprint density at radius 1 is 1.00 bits per heavy atom. The third-order valence-corrected chi connectivity index (χ3v) is 4.26. The van der Waals surface area contributed by atoms with Crippen LogP contribution < -0.4 is 0 Å². The molecule has 0 radical (unpaired) electrons. The molecule has 0 aromatic carbocycles. The summed E-state index contributed by atoms with van der Waals surface area (Å²) in [6, 6.07) is 0. The zero-order valence-electron chi connectivity index (χ0n) is 11.0. The molecular formula is C15H24O2. The minimum atomic E-state index is -0.0474. The van der Waals surface area contributed by atoms with Crippen molar-refractivity contribution in [1.82, 2.24) is 0 Å². The first kappa shape index (κ1) is 12.7. The molecule has 2 aliphatic carbocycles. The Kier molecular flexibility index (Phi) is 4.64. The van der Waals surface area contributed by atoms with Crippen LogP contribution in [0.2, 0.25) is 0 Å². The van der Waals surface area contributed by atoms with Crippen molar-refractivity contribution in [3.63, 3.8) is 0 Å². The second-order valence-corrected chi connectivity index (χ2v) is 5.40. The molecule has 2 heteroatoms. The summed E-state index contributed by atoms with van der Waals surface area (Å²) in [7, 11) is 1.52. The highest BCUT2D eigenvalue weighted by molar-refractivity contribution is 5.89. The molecule has 0 aromatic rings. The van der Waals surface area contributed by atoms with E-state index >= 15 is 0 Å². The molecule has 0 bridgehead atoms. The molecule has 0 spiro atoms. The van der Waals surface area contributed by atoms with Gasteiger partial charge in [-0.2, -0.15) is 0 Å². The van der Waals surface area contributed by atoms with Crippen LogP contribution in [-0.4, -0.2) is 13.1 Å². The van der Waals surface area contributed by atoms with E-state index in [1.54, 1.807) is 0 Å². The van der Waals surface area contributed by atoms with Gasteiger partial charge in [-0.05, 0) is 44.4 Å². The van der Waals surface area contributed by atoms with Gasteiger partial charge in [-0.1, -0.05) is 31.3 Å². The normalized spacial score (nSPS) is 22.3. The fourth-order valence-corrected chi connectivity index (χ4v) is 3.35. The Hall–Kier alpha value is -0.790. The summed E-state index contributed by atoms with van der Waals surface area (Å²) >= 11 is 0. The van der Waals surface area contributed by atoms with Crippen molar-refractivity contribution in [2.45, 2.75) is 64.2 Å². The number of hydrogen-bond donors (Lipinski definition) is 0. The van der Waals surface area contributed by atoms with Crippen LogP contribution in [0.15, 0.2) is 11.1 Å². The van der Waals surface area contributed by atoms with Crippen molar-refractivity contribution in [1.29, 1.82) is 0 Å². The highest BCUT2D eigenvalue weighted by atomic mass is 16.5. The van der Waals surface area contributed by atoms with Crippen LogP contribution in [-0.2, 0) is 9.53 Å². The molecule has 0 heterocycles. The third kappa shape index (κ3) is 3.11. The molecule has 96 valence electrons. The Bertz CT molecular complexity index is 290. The quantitative estimate of drug-likeness (QED) is 0.535. The van der Waals surface area contributed by atoms with Gasteiger partial charge in [0.15, 0.2) is 0 Å². The smallest absolute Gasteiger partial charge is 0.333 e. The first-order valence-electron chi connectivity index (χ1n) is 7.13. The standard InChI is InChI=1S/C15H24O2/c1-17-15(16)14(12-8-4-2-5-9-12)13-10-6-3-7-11-13/h12H,2-11H2,1H3. The Labute approximate surface area is 104 Å². The molecular weight excluding hydrogens is 212 g/mol. The number of carbonyl (C=O) groups is 1. The SMILES string of the molecule is COC(=O)C(=C1CCCCC1)C1CCCCC1. The number of hydrogen-bond acceptors (Lipinski definition) is 2. The van der Waals surface area contributed by atoms with Crippen molar-refractivity contribution in [2.75, 3.05) is 7.11 Å². The van der Waals surface area contributed by atoms with Gasteiger partial charge in [0.1, 0.15) is 0 Å². The lowest BCUT2D eigenvalue weighted by Crippen LogP contribution is -2.20. The van der Waals surface area contributed by atoms with Gasteiger partial charge >= 0.3 is 5.97 Å². The lowest BCUT2D eigenvalue weighted by molar-refractivity contribution is -0.137. The van der Waals surface area contributed by atoms with Crippen LogP contribution in [0.5, 0.6) is 0 Å². The maximum atomic E-state index is 12.0. The van der Waals surface area contributed by atoms with Gasteiger partial charge in [-0.3, -0.25) is 0 Å². The fourth-order valence-electron chi connectivity index (χ4n) is 3.35. The van der Waals surface area contributed by atoms with Crippen molar-refractivity contribution in [3.05, 3.63) is 11.1 Å². The number of methoxy groups -OCH3 is 1. The molecule has 2 fully saturated rings. The van der Waals surface area contributed by atoms with E-state index < -0.39 is 0 Å². The summed E-state index contributed by atoms with van der Waals surface area (Å²) in [6.07, 6.45) is 12.3. The second-order valence-electron chi connectivity index (χ2n) is 5.40. The number of allylic oxidation sites excluding steroid dienone is 1. The van der Waals surface area contributed by atoms with E-state index in [0.717, 1.165) is 18.4 Å². The van der Waals surface area contributed by atoms with Gasteiger partial charge in [0.2, 0.25) is 0 Å². The lowest BCUT2D eigenvalue weighted by atomic mass is 9.78. The summed E-state index contributed by atoms with van der Waals surface area (Å²) in [5.41, 5.74) is 2.47. The topological polar surface area (TPSA) is 26.3 Å². The summed E-state index contributed by atoms with van der Waals surface area (Å²) in [4.78, 5) is 12.0. The van der Waals surface area contributed by atoms with E-state index in [0.29, 0.717) is 5.92 Å². The predicted molar refractivity (Wildman–Crippen MR) is 68.7 cm³/mol. The molecule has 2 nitrogen and oxygen atoms in total. The number of carbonyl (C=O) groups excluding carboxylic acids is 1. The van der Waals surface area contributed by atoms with Gasteiger partial charge in [-0.25, -0.2) is 4.79 Å². The molecule has 17 heavy (non-hydrogen) atoms. The molecule has 2 saturated carbocycles. The first-order chi connectivity index (χ1) is 8.33. The van der Waals surface area contributed by atoms with Crippen LogP contribution in [0.1, 0.15) is 64.2 Å². The van der Waals surface area contributed by atoms with Crippen LogP contribution in [0, 0.1) is 5.92 Å². The van der Waals surface area contributed by atoms with E-state index in [9.17, 15) is 4.79 Å². The van der Waals surface area contributed by atoms with E-state index in [-0.39, 0.29) is 5.97 Å². The van der Waals surface area contributed by atoms with Gasteiger partial charge < -0.3 is 4.74 Å². The van der Waals surface area contributed by atoms with Gasteiger partial charge in [0.05, 0.1) is 7.11 Å².